The number of methoxy groups -OCH3 is 2. The molecule has 0 aliphatic rings. The van der Waals surface area contributed by atoms with Crippen molar-refractivity contribution in [3.05, 3.63) is 18.2 Å². The number of rotatable bonds is 8. The zero-order chi connectivity index (χ0) is 14.3. The van der Waals surface area contributed by atoms with E-state index >= 15 is 0 Å². The summed E-state index contributed by atoms with van der Waals surface area (Å²) in [5.41, 5.74) is 0. The number of carboxylic acids is 1. The van der Waals surface area contributed by atoms with Gasteiger partial charge in [-0.2, -0.15) is 0 Å². The third kappa shape index (κ3) is 4.67. The fourth-order valence-electron chi connectivity index (χ4n) is 1.51. The zero-order valence-electron chi connectivity index (χ0n) is 11.3. The summed E-state index contributed by atoms with van der Waals surface area (Å²) in [6, 6.07) is 4.31. The van der Waals surface area contributed by atoms with Gasteiger partial charge in [0, 0.05) is 18.2 Å². The topological polar surface area (TPSA) is 77.0 Å². The highest BCUT2D eigenvalue weighted by Crippen LogP contribution is 2.27. The maximum absolute atomic E-state index is 11.0. The van der Waals surface area contributed by atoms with E-state index in [0.717, 1.165) is 0 Å². The lowest BCUT2D eigenvalue weighted by Gasteiger charge is -2.15. The van der Waals surface area contributed by atoms with E-state index in [1.54, 1.807) is 18.2 Å². The second-order valence-electron chi connectivity index (χ2n) is 3.81. The quantitative estimate of drug-likeness (QED) is 0.737. The second kappa shape index (κ2) is 7.48. The third-order valence-corrected chi connectivity index (χ3v) is 2.49. The number of hydrogen-bond donors (Lipinski definition) is 2. The molecule has 19 heavy (non-hydrogen) atoms. The number of carboxylic acid groups (broad SMARTS) is 1. The molecule has 0 aliphatic carbocycles. The van der Waals surface area contributed by atoms with E-state index in [-0.39, 0.29) is 6.61 Å². The average molecular weight is 269 g/mol. The number of ether oxygens (including phenoxy) is 3. The van der Waals surface area contributed by atoms with Crippen LogP contribution in [-0.2, 0) is 4.79 Å². The van der Waals surface area contributed by atoms with E-state index < -0.39 is 12.0 Å². The average Bonchev–Trinajstić information content (AvgIpc) is 2.42. The van der Waals surface area contributed by atoms with Crippen LogP contribution in [0.3, 0.4) is 0 Å². The molecule has 1 rings (SSSR count). The van der Waals surface area contributed by atoms with Gasteiger partial charge in [-0.25, -0.2) is 0 Å². The Bertz CT molecular complexity index is 399. The van der Waals surface area contributed by atoms with Gasteiger partial charge in [0.05, 0.1) is 14.2 Å². The maximum Gasteiger partial charge on any atom is 0.324 e. The standard InChI is InChI=1S/C13H19NO5/c1-4-14-12(13(15)16)8-19-11-6-9(17-2)5-10(7-11)18-3/h5-7,12,14H,4,8H2,1-3H3,(H,15,16). The molecule has 0 amide bonds. The smallest absolute Gasteiger partial charge is 0.324 e. The molecule has 6 nitrogen and oxygen atoms in total. The molecular formula is C13H19NO5. The molecule has 0 saturated carbocycles. The molecule has 0 aliphatic heterocycles. The zero-order valence-corrected chi connectivity index (χ0v) is 11.3. The molecule has 0 bridgehead atoms. The predicted molar refractivity (Wildman–Crippen MR) is 70.1 cm³/mol. The van der Waals surface area contributed by atoms with E-state index in [4.69, 9.17) is 19.3 Å². The van der Waals surface area contributed by atoms with E-state index in [1.807, 2.05) is 6.92 Å². The van der Waals surface area contributed by atoms with Crippen molar-refractivity contribution in [2.75, 3.05) is 27.4 Å². The van der Waals surface area contributed by atoms with Crippen molar-refractivity contribution in [2.24, 2.45) is 0 Å². The maximum atomic E-state index is 11.0. The van der Waals surface area contributed by atoms with E-state index in [9.17, 15) is 4.79 Å². The Hall–Kier alpha value is -1.95. The van der Waals surface area contributed by atoms with Gasteiger partial charge in [0.1, 0.15) is 29.9 Å². The van der Waals surface area contributed by atoms with Gasteiger partial charge in [0.15, 0.2) is 0 Å². The predicted octanol–water partition coefficient (Wildman–Crippen LogP) is 1.15. The van der Waals surface area contributed by atoms with E-state index in [1.165, 1.54) is 14.2 Å². The lowest BCUT2D eigenvalue weighted by molar-refractivity contribution is -0.140. The highest BCUT2D eigenvalue weighted by molar-refractivity contribution is 5.73. The van der Waals surface area contributed by atoms with E-state index in [0.29, 0.717) is 23.8 Å². The Morgan fingerprint density at radius 3 is 2.16 bits per heavy atom. The molecule has 0 aromatic heterocycles. The van der Waals surface area contributed by atoms with Crippen LogP contribution in [0.5, 0.6) is 17.2 Å². The summed E-state index contributed by atoms with van der Waals surface area (Å²) >= 11 is 0. The highest BCUT2D eigenvalue weighted by atomic mass is 16.5. The minimum Gasteiger partial charge on any atom is -0.496 e. The molecule has 0 fully saturated rings. The monoisotopic (exact) mass is 269 g/mol. The van der Waals surface area contributed by atoms with Crippen LogP contribution >= 0.6 is 0 Å². The molecule has 1 aromatic rings. The van der Waals surface area contributed by atoms with Crippen LogP contribution in [0.4, 0.5) is 0 Å². The Labute approximate surface area is 112 Å². The van der Waals surface area contributed by atoms with Gasteiger partial charge < -0.3 is 24.6 Å². The van der Waals surface area contributed by atoms with Gasteiger partial charge in [-0.3, -0.25) is 4.79 Å². The Kier molecular flexibility index (Phi) is 5.95. The number of nitrogens with one attached hydrogen (secondary N) is 1. The molecule has 1 atom stereocenters. The summed E-state index contributed by atoms with van der Waals surface area (Å²) in [6.45, 7) is 2.42. The van der Waals surface area contributed by atoms with Gasteiger partial charge in [0.25, 0.3) is 0 Å². The van der Waals surface area contributed by atoms with Crippen LogP contribution in [-0.4, -0.2) is 44.5 Å². The number of likely N-dealkylation sites (N-methyl/N-ethyl adjacent to an activating group) is 1. The molecule has 106 valence electrons. The van der Waals surface area contributed by atoms with E-state index in [2.05, 4.69) is 5.32 Å². The fraction of sp³-hybridized carbons (Fsp3) is 0.462. The van der Waals surface area contributed by atoms with Crippen molar-refractivity contribution in [3.8, 4) is 17.2 Å². The molecular weight excluding hydrogens is 250 g/mol. The number of aliphatic carboxylic acids is 1. The Morgan fingerprint density at radius 2 is 1.74 bits per heavy atom. The Balaban J connectivity index is 2.72. The normalized spacial score (nSPS) is 11.7. The summed E-state index contributed by atoms with van der Waals surface area (Å²) in [6.07, 6.45) is 0. The summed E-state index contributed by atoms with van der Waals surface area (Å²) in [7, 11) is 3.08. The molecule has 2 N–H and O–H groups in total. The molecule has 0 radical (unpaired) electrons. The summed E-state index contributed by atoms with van der Waals surface area (Å²) in [4.78, 5) is 11.0. The van der Waals surface area contributed by atoms with Crippen molar-refractivity contribution in [1.29, 1.82) is 0 Å². The first-order valence-electron chi connectivity index (χ1n) is 5.92. The molecule has 1 aromatic carbocycles. The van der Waals surface area contributed by atoms with Crippen LogP contribution in [0, 0.1) is 0 Å². The van der Waals surface area contributed by atoms with Gasteiger partial charge in [0.2, 0.25) is 0 Å². The Morgan fingerprint density at radius 1 is 1.21 bits per heavy atom. The second-order valence-corrected chi connectivity index (χ2v) is 3.81. The molecule has 0 saturated heterocycles. The van der Waals surface area contributed by atoms with Crippen LogP contribution < -0.4 is 19.5 Å². The van der Waals surface area contributed by atoms with Crippen molar-refractivity contribution in [2.45, 2.75) is 13.0 Å². The van der Waals surface area contributed by atoms with Crippen LogP contribution in [0.2, 0.25) is 0 Å². The first-order chi connectivity index (χ1) is 9.10. The number of carbonyl (C=O) groups is 1. The van der Waals surface area contributed by atoms with Crippen LogP contribution in [0.15, 0.2) is 18.2 Å². The van der Waals surface area contributed by atoms with Crippen LogP contribution in [0.1, 0.15) is 6.92 Å². The number of benzene rings is 1. The van der Waals surface area contributed by atoms with Crippen molar-refractivity contribution < 1.29 is 24.1 Å². The first kappa shape index (κ1) is 15.1. The van der Waals surface area contributed by atoms with Crippen molar-refractivity contribution >= 4 is 5.97 Å². The molecule has 0 heterocycles. The summed E-state index contributed by atoms with van der Waals surface area (Å²) in [5, 5.41) is 11.8. The summed E-state index contributed by atoms with van der Waals surface area (Å²) < 4.78 is 15.7. The molecule has 0 spiro atoms. The van der Waals surface area contributed by atoms with Gasteiger partial charge >= 0.3 is 5.97 Å². The fourth-order valence-corrected chi connectivity index (χ4v) is 1.51. The first-order valence-corrected chi connectivity index (χ1v) is 5.92. The summed E-state index contributed by atoms with van der Waals surface area (Å²) in [5.74, 6) is 0.728. The van der Waals surface area contributed by atoms with Crippen molar-refractivity contribution in [1.82, 2.24) is 5.32 Å². The lowest BCUT2D eigenvalue weighted by atomic mass is 10.3. The van der Waals surface area contributed by atoms with Gasteiger partial charge in [-0.05, 0) is 6.54 Å². The SMILES string of the molecule is CCNC(COc1cc(OC)cc(OC)c1)C(=O)O. The molecule has 1 unspecified atom stereocenters. The number of hydrogen-bond acceptors (Lipinski definition) is 5. The largest absolute Gasteiger partial charge is 0.496 e. The van der Waals surface area contributed by atoms with Gasteiger partial charge in [-0.15, -0.1) is 0 Å². The third-order valence-electron chi connectivity index (χ3n) is 2.49. The van der Waals surface area contributed by atoms with Gasteiger partial charge in [-0.1, -0.05) is 6.92 Å². The van der Waals surface area contributed by atoms with Crippen LogP contribution in [0.25, 0.3) is 0 Å². The highest BCUT2D eigenvalue weighted by Gasteiger charge is 2.17. The minimum absolute atomic E-state index is 0.0273. The van der Waals surface area contributed by atoms with Crippen molar-refractivity contribution in [3.63, 3.8) is 0 Å². The molecule has 6 heteroatoms. The lowest BCUT2D eigenvalue weighted by Crippen LogP contribution is -2.41. The minimum atomic E-state index is -0.947.